The van der Waals surface area contributed by atoms with Gasteiger partial charge in [-0.05, 0) is 68.0 Å². The summed E-state index contributed by atoms with van der Waals surface area (Å²) in [6.07, 6.45) is 7.11. The molecule has 0 aliphatic carbocycles. The molecule has 1 aromatic heterocycles. The molecule has 0 N–H and O–H groups in total. The average Bonchev–Trinajstić information content (AvgIpc) is 2.78. The highest BCUT2D eigenvalue weighted by Gasteiger charge is 2.17. The van der Waals surface area contributed by atoms with Crippen molar-refractivity contribution in [1.29, 1.82) is 5.26 Å². The molecule has 0 spiro atoms. The number of nitrogens with zero attached hydrogens (tertiary/aromatic N) is 4. The lowest BCUT2D eigenvalue weighted by Gasteiger charge is -2.34. The zero-order valence-electron chi connectivity index (χ0n) is 18.4. The van der Waals surface area contributed by atoms with Crippen molar-refractivity contribution in [1.82, 2.24) is 14.8 Å². The molecule has 0 saturated carbocycles. The number of ether oxygens (including phenoxy) is 1. The molecule has 5 heteroatoms. The number of piperazine rings is 1. The zero-order chi connectivity index (χ0) is 21.2. The summed E-state index contributed by atoms with van der Waals surface area (Å²) in [6.45, 7) is 11.7. The van der Waals surface area contributed by atoms with Crippen molar-refractivity contribution in [2.75, 3.05) is 45.9 Å². The van der Waals surface area contributed by atoms with Crippen LogP contribution in [0.15, 0.2) is 42.7 Å². The Hall–Kier alpha value is -2.42. The van der Waals surface area contributed by atoms with Gasteiger partial charge in [0.2, 0.25) is 0 Å². The predicted molar refractivity (Wildman–Crippen MR) is 121 cm³/mol. The van der Waals surface area contributed by atoms with Gasteiger partial charge in [-0.1, -0.05) is 19.1 Å². The number of hydrogen-bond acceptors (Lipinski definition) is 5. The highest BCUT2D eigenvalue weighted by molar-refractivity contribution is 5.40. The molecular weight excluding hydrogens is 372 g/mol. The maximum absolute atomic E-state index is 9.14. The molecule has 0 amide bonds. The van der Waals surface area contributed by atoms with Crippen LogP contribution in [0.25, 0.3) is 0 Å². The predicted octanol–water partition coefficient (Wildman–Crippen LogP) is 4.23. The molecule has 1 aliphatic heterocycles. The minimum Gasteiger partial charge on any atom is -0.491 e. The van der Waals surface area contributed by atoms with Crippen LogP contribution in [0.1, 0.15) is 48.8 Å². The Kier molecular flexibility index (Phi) is 8.67. The molecule has 160 valence electrons. The molecule has 2 heterocycles. The van der Waals surface area contributed by atoms with Crippen LogP contribution in [0.5, 0.6) is 5.75 Å². The Morgan fingerprint density at radius 2 is 1.90 bits per heavy atom. The van der Waals surface area contributed by atoms with Crippen molar-refractivity contribution in [2.24, 2.45) is 0 Å². The van der Waals surface area contributed by atoms with Gasteiger partial charge in [0.25, 0.3) is 0 Å². The summed E-state index contributed by atoms with van der Waals surface area (Å²) in [5.41, 5.74) is 3.27. The number of pyridine rings is 1. The number of benzene rings is 1. The zero-order valence-corrected chi connectivity index (χ0v) is 18.4. The van der Waals surface area contributed by atoms with E-state index in [1.165, 1.54) is 24.9 Å². The van der Waals surface area contributed by atoms with Gasteiger partial charge >= 0.3 is 0 Å². The van der Waals surface area contributed by atoms with Gasteiger partial charge in [-0.15, -0.1) is 0 Å². The van der Waals surface area contributed by atoms with Gasteiger partial charge in [-0.2, -0.15) is 5.26 Å². The molecule has 5 nitrogen and oxygen atoms in total. The van der Waals surface area contributed by atoms with Gasteiger partial charge in [-0.3, -0.25) is 9.88 Å². The van der Waals surface area contributed by atoms with Crippen LogP contribution >= 0.6 is 0 Å². The fourth-order valence-electron chi connectivity index (χ4n) is 4.20. The van der Waals surface area contributed by atoms with E-state index in [4.69, 9.17) is 10.00 Å². The number of aromatic nitrogens is 1. The third-order valence-corrected chi connectivity index (χ3v) is 6.14. The fourth-order valence-corrected chi connectivity index (χ4v) is 4.20. The van der Waals surface area contributed by atoms with E-state index in [-0.39, 0.29) is 0 Å². The second kappa shape index (κ2) is 11.7. The monoisotopic (exact) mass is 406 g/mol. The van der Waals surface area contributed by atoms with E-state index in [1.54, 1.807) is 12.4 Å². The first kappa shape index (κ1) is 22.3. The van der Waals surface area contributed by atoms with Gasteiger partial charge in [-0.25, -0.2) is 0 Å². The molecule has 1 unspecified atom stereocenters. The molecular formula is C25H34N4O. The van der Waals surface area contributed by atoms with Crippen molar-refractivity contribution in [2.45, 2.75) is 39.0 Å². The Labute approximate surface area is 181 Å². The summed E-state index contributed by atoms with van der Waals surface area (Å²) in [7, 11) is 0. The summed E-state index contributed by atoms with van der Waals surface area (Å²) >= 11 is 0. The first-order valence-electron chi connectivity index (χ1n) is 11.2. The Morgan fingerprint density at radius 1 is 1.13 bits per heavy atom. The number of hydrogen-bond donors (Lipinski definition) is 0. The van der Waals surface area contributed by atoms with Crippen molar-refractivity contribution in [3.05, 3.63) is 59.4 Å². The molecule has 0 bridgehead atoms. The average molecular weight is 407 g/mol. The maximum atomic E-state index is 9.14. The lowest BCUT2D eigenvalue weighted by atomic mass is 9.90. The third-order valence-electron chi connectivity index (χ3n) is 6.14. The van der Waals surface area contributed by atoms with E-state index in [0.717, 1.165) is 56.0 Å². The molecule has 0 radical (unpaired) electrons. The van der Waals surface area contributed by atoms with Crippen molar-refractivity contribution < 1.29 is 4.74 Å². The Balaban J connectivity index is 1.34. The second-order valence-electron chi connectivity index (χ2n) is 8.15. The topological polar surface area (TPSA) is 52.4 Å². The second-order valence-corrected chi connectivity index (χ2v) is 8.15. The van der Waals surface area contributed by atoms with Crippen molar-refractivity contribution >= 4 is 0 Å². The van der Waals surface area contributed by atoms with E-state index in [0.29, 0.717) is 12.5 Å². The molecule has 1 fully saturated rings. The first-order valence-corrected chi connectivity index (χ1v) is 11.2. The van der Waals surface area contributed by atoms with Crippen LogP contribution in [0.4, 0.5) is 0 Å². The smallest absolute Gasteiger partial charge is 0.137 e. The van der Waals surface area contributed by atoms with Crippen molar-refractivity contribution in [3.63, 3.8) is 0 Å². The van der Waals surface area contributed by atoms with E-state index < -0.39 is 0 Å². The number of nitriles is 1. The number of rotatable bonds is 10. The molecule has 3 rings (SSSR count). The summed E-state index contributed by atoms with van der Waals surface area (Å²) < 4.78 is 5.77. The maximum Gasteiger partial charge on any atom is 0.137 e. The largest absolute Gasteiger partial charge is 0.491 e. The van der Waals surface area contributed by atoms with Crippen LogP contribution in [0.2, 0.25) is 0 Å². The highest BCUT2D eigenvalue weighted by Crippen LogP contribution is 2.26. The molecule has 2 aromatic rings. The number of aryl methyl sites for hydroxylation is 1. The van der Waals surface area contributed by atoms with Crippen molar-refractivity contribution in [3.8, 4) is 11.8 Å². The highest BCUT2D eigenvalue weighted by atomic mass is 16.5. The first-order chi connectivity index (χ1) is 14.7. The Bertz CT molecular complexity index is 810. The lowest BCUT2D eigenvalue weighted by molar-refractivity contribution is 0.115. The van der Waals surface area contributed by atoms with Crippen LogP contribution in [-0.4, -0.2) is 60.7 Å². The lowest BCUT2D eigenvalue weighted by Crippen LogP contribution is -2.47. The summed E-state index contributed by atoms with van der Waals surface area (Å²) in [6, 6.07) is 12.5. The standard InChI is InChI=1S/C25H34N4O/c1-3-22(23-8-9-24(19-26)21(2)18-23)6-5-11-28-12-14-29(15-13-28)16-17-30-25-7-4-10-27-20-25/h4,7-10,18,20,22H,3,5-6,11-17H2,1-2H3. The van der Waals surface area contributed by atoms with E-state index in [9.17, 15) is 0 Å². The summed E-state index contributed by atoms with van der Waals surface area (Å²) in [5.74, 6) is 1.43. The molecule has 1 aliphatic rings. The van der Waals surface area contributed by atoms with Crippen LogP contribution in [0.3, 0.4) is 0 Å². The normalized spacial score (nSPS) is 16.2. The summed E-state index contributed by atoms with van der Waals surface area (Å²) in [4.78, 5) is 9.16. The SMILES string of the molecule is CCC(CCCN1CCN(CCOc2cccnc2)CC1)c1ccc(C#N)c(C)c1. The third kappa shape index (κ3) is 6.55. The minimum atomic E-state index is 0.586. The van der Waals surface area contributed by atoms with Gasteiger partial charge in [0, 0.05) is 38.9 Å². The molecule has 1 saturated heterocycles. The van der Waals surface area contributed by atoms with Crippen LogP contribution < -0.4 is 4.74 Å². The van der Waals surface area contributed by atoms with Crippen LogP contribution in [-0.2, 0) is 0 Å². The van der Waals surface area contributed by atoms with E-state index >= 15 is 0 Å². The minimum absolute atomic E-state index is 0.586. The van der Waals surface area contributed by atoms with Gasteiger partial charge in [0.15, 0.2) is 0 Å². The molecule has 1 aromatic carbocycles. The van der Waals surface area contributed by atoms with Gasteiger partial charge in [0.1, 0.15) is 12.4 Å². The molecule has 1 atom stereocenters. The van der Waals surface area contributed by atoms with E-state index in [2.05, 4.69) is 39.9 Å². The summed E-state index contributed by atoms with van der Waals surface area (Å²) in [5, 5.41) is 9.14. The van der Waals surface area contributed by atoms with Crippen LogP contribution in [0, 0.1) is 18.3 Å². The quantitative estimate of drug-likeness (QED) is 0.591. The van der Waals surface area contributed by atoms with E-state index in [1.807, 2.05) is 25.1 Å². The Morgan fingerprint density at radius 3 is 2.53 bits per heavy atom. The van der Waals surface area contributed by atoms with Gasteiger partial charge in [0.05, 0.1) is 17.8 Å². The molecule has 30 heavy (non-hydrogen) atoms. The fraction of sp³-hybridized carbons (Fsp3) is 0.520. The van der Waals surface area contributed by atoms with Gasteiger partial charge < -0.3 is 9.64 Å².